The molecule has 11 aromatic rings. The van der Waals surface area contributed by atoms with Gasteiger partial charge in [-0.25, -0.2) is 0 Å². The highest BCUT2D eigenvalue weighted by atomic mass is 16.3. The van der Waals surface area contributed by atoms with Gasteiger partial charge >= 0.3 is 0 Å². The second kappa shape index (κ2) is 10.9. The molecular formula is C49H29NO. The van der Waals surface area contributed by atoms with Crippen molar-refractivity contribution >= 4 is 65.2 Å². The predicted molar refractivity (Wildman–Crippen MR) is 214 cm³/mol. The molecule has 0 bridgehead atoms. The topological polar surface area (TPSA) is 26.0 Å². The number of nitrogens with zero attached hydrogens (tertiary/aromatic N) is 1. The molecule has 0 saturated heterocycles. The SMILES string of the molecule is c1ccc2ncc(-c3ccc(-c4cc(-c5ccc(-c6cccc7c6oc6ccccc67)cc5)c5ccc6cccc7ccc4c5c76)cc3)cc2c1. The van der Waals surface area contributed by atoms with E-state index in [2.05, 4.69) is 152 Å². The number of pyridine rings is 1. The van der Waals surface area contributed by atoms with E-state index in [9.17, 15) is 0 Å². The number of para-hydroxylation sites is 3. The van der Waals surface area contributed by atoms with E-state index in [1.807, 2.05) is 24.4 Å². The molecule has 0 aliphatic rings. The van der Waals surface area contributed by atoms with Gasteiger partial charge in [0.2, 0.25) is 0 Å². The minimum atomic E-state index is 0.916. The summed E-state index contributed by atoms with van der Waals surface area (Å²) in [6.07, 6.45) is 1.98. The average molecular weight is 648 g/mol. The van der Waals surface area contributed by atoms with Crippen LogP contribution in [0.2, 0.25) is 0 Å². The van der Waals surface area contributed by atoms with Crippen LogP contribution < -0.4 is 0 Å². The fourth-order valence-corrected chi connectivity index (χ4v) is 8.18. The van der Waals surface area contributed by atoms with Crippen molar-refractivity contribution in [3.63, 3.8) is 0 Å². The van der Waals surface area contributed by atoms with Crippen LogP contribution in [0.5, 0.6) is 0 Å². The summed E-state index contributed by atoms with van der Waals surface area (Å²) in [5.74, 6) is 0. The van der Waals surface area contributed by atoms with E-state index in [0.29, 0.717) is 0 Å². The van der Waals surface area contributed by atoms with Crippen molar-refractivity contribution in [2.24, 2.45) is 0 Å². The molecule has 2 nitrogen and oxygen atoms in total. The highest BCUT2D eigenvalue weighted by Crippen LogP contribution is 2.45. The molecule has 0 atom stereocenters. The standard InChI is InChI=1S/C49H29NO/c1-3-13-45-36(7-1)27-37(29-50-45)30-15-17-32(18-16-30)43-28-44(41-26-24-35-9-5-8-34-23-25-40(43)48(41)47(34)35)33-21-19-31(20-22-33)38-11-6-12-42-39-10-2-4-14-46(39)51-49(38)42/h1-29H. The van der Waals surface area contributed by atoms with E-state index in [4.69, 9.17) is 9.40 Å². The molecule has 2 heteroatoms. The lowest BCUT2D eigenvalue weighted by Crippen LogP contribution is -1.91. The number of hydrogen-bond acceptors (Lipinski definition) is 2. The van der Waals surface area contributed by atoms with Gasteiger partial charge in [0.15, 0.2) is 0 Å². The smallest absolute Gasteiger partial charge is 0.143 e. The van der Waals surface area contributed by atoms with Crippen molar-refractivity contribution in [2.75, 3.05) is 0 Å². The molecule has 51 heavy (non-hydrogen) atoms. The quantitative estimate of drug-likeness (QED) is 0.178. The summed E-state index contributed by atoms with van der Waals surface area (Å²) in [5, 5.41) is 11.1. The maximum Gasteiger partial charge on any atom is 0.143 e. The van der Waals surface area contributed by atoms with Crippen LogP contribution in [-0.4, -0.2) is 4.98 Å². The van der Waals surface area contributed by atoms with E-state index < -0.39 is 0 Å². The Balaban J connectivity index is 1.07. The van der Waals surface area contributed by atoms with Crippen LogP contribution in [-0.2, 0) is 0 Å². The first-order valence-electron chi connectivity index (χ1n) is 17.4. The number of fused-ring (bicyclic) bond motifs is 4. The molecule has 0 saturated carbocycles. The van der Waals surface area contributed by atoms with Crippen LogP contribution in [0.15, 0.2) is 180 Å². The van der Waals surface area contributed by atoms with Gasteiger partial charge in [-0.1, -0.05) is 146 Å². The Hall–Kier alpha value is -6.77. The van der Waals surface area contributed by atoms with E-state index in [-0.39, 0.29) is 0 Å². The Labute approximate surface area is 294 Å². The molecule has 0 unspecified atom stereocenters. The first-order valence-corrected chi connectivity index (χ1v) is 17.4. The number of rotatable bonds is 4. The van der Waals surface area contributed by atoms with Crippen molar-refractivity contribution < 1.29 is 4.42 Å². The van der Waals surface area contributed by atoms with Gasteiger partial charge in [-0.15, -0.1) is 0 Å². The Morgan fingerprint density at radius 2 is 0.941 bits per heavy atom. The molecule has 0 spiro atoms. The highest BCUT2D eigenvalue weighted by Gasteiger charge is 2.18. The third kappa shape index (κ3) is 4.33. The number of furan rings is 1. The Kier molecular flexibility index (Phi) is 5.99. The molecule has 9 aromatic carbocycles. The average Bonchev–Trinajstić information content (AvgIpc) is 3.59. The fourth-order valence-electron chi connectivity index (χ4n) is 8.18. The molecule has 0 N–H and O–H groups in total. The zero-order chi connectivity index (χ0) is 33.5. The van der Waals surface area contributed by atoms with E-state index in [0.717, 1.165) is 55.1 Å². The Bertz CT molecular complexity index is 3100. The van der Waals surface area contributed by atoms with Crippen molar-refractivity contribution in [1.82, 2.24) is 4.98 Å². The second-order valence-corrected chi connectivity index (χ2v) is 13.5. The lowest BCUT2D eigenvalue weighted by molar-refractivity contribution is 0.670. The zero-order valence-electron chi connectivity index (χ0n) is 27.6. The van der Waals surface area contributed by atoms with Crippen LogP contribution in [0.1, 0.15) is 0 Å². The van der Waals surface area contributed by atoms with E-state index >= 15 is 0 Å². The molecule has 0 fully saturated rings. The summed E-state index contributed by atoms with van der Waals surface area (Å²) in [4.78, 5) is 4.72. The van der Waals surface area contributed by atoms with E-state index in [1.54, 1.807) is 0 Å². The minimum Gasteiger partial charge on any atom is -0.455 e. The Morgan fingerprint density at radius 1 is 0.353 bits per heavy atom. The summed E-state index contributed by atoms with van der Waals surface area (Å²) >= 11 is 0. The van der Waals surface area contributed by atoms with E-state index in [1.165, 1.54) is 54.6 Å². The highest BCUT2D eigenvalue weighted by molar-refractivity contribution is 6.28. The van der Waals surface area contributed by atoms with Crippen LogP contribution in [0.3, 0.4) is 0 Å². The molecule has 2 aromatic heterocycles. The molecule has 0 aliphatic heterocycles. The normalized spacial score (nSPS) is 11.9. The van der Waals surface area contributed by atoms with Gasteiger partial charge in [0, 0.05) is 33.5 Å². The van der Waals surface area contributed by atoms with Crippen molar-refractivity contribution in [3.8, 4) is 44.5 Å². The van der Waals surface area contributed by atoms with Gasteiger partial charge in [0.1, 0.15) is 11.2 Å². The molecule has 0 radical (unpaired) electrons. The lowest BCUT2D eigenvalue weighted by Gasteiger charge is -2.18. The van der Waals surface area contributed by atoms with Gasteiger partial charge in [-0.3, -0.25) is 4.98 Å². The van der Waals surface area contributed by atoms with Gasteiger partial charge in [-0.05, 0) is 90.0 Å². The Morgan fingerprint density at radius 3 is 1.69 bits per heavy atom. The number of hydrogen-bond donors (Lipinski definition) is 0. The maximum absolute atomic E-state index is 6.39. The molecule has 0 amide bonds. The molecule has 2 heterocycles. The minimum absolute atomic E-state index is 0.916. The van der Waals surface area contributed by atoms with Gasteiger partial charge in [0.25, 0.3) is 0 Å². The van der Waals surface area contributed by atoms with Crippen LogP contribution in [0.25, 0.3) is 110 Å². The number of benzene rings is 9. The summed E-state index contributed by atoms with van der Waals surface area (Å²) in [5.41, 5.74) is 12.2. The molecule has 236 valence electrons. The molecular weight excluding hydrogens is 619 g/mol. The summed E-state index contributed by atoms with van der Waals surface area (Å²) in [7, 11) is 0. The van der Waals surface area contributed by atoms with Crippen LogP contribution in [0.4, 0.5) is 0 Å². The fraction of sp³-hybridized carbons (Fsp3) is 0. The summed E-state index contributed by atoms with van der Waals surface area (Å²) < 4.78 is 6.39. The maximum atomic E-state index is 6.39. The van der Waals surface area contributed by atoms with Gasteiger partial charge in [0.05, 0.1) is 5.52 Å². The number of aromatic nitrogens is 1. The van der Waals surface area contributed by atoms with Crippen molar-refractivity contribution in [1.29, 1.82) is 0 Å². The molecule has 11 rings (SSSR count). The third-order valence-corrected chi connectivity index (χ3v) is 10.7. The largest absolute Gasteiger partial charge is 0.455 e. The first-order chi connectivity index (χ1) is 25.3. The first kappa shape index (κ1) is 28.1. The summed E-state index contributed by atoms with van der Waals surface area (Å²) in [6.45, 7) is 0. The zero-order valence-corrected chi connectivity index (χ0v) is 27.6. The second-order valence-electron chi connectivity index (χ2n) is 13.5. The monoisotopic (exact) mass is 647 g/mol. The van der Waals surface area contributed by atoms with Crippen LogP contribution >= 0.6 is 0 Å². The van der Waals surface area contributed by atoms with Crippen molar-refractivity contribution in [3.05, 3.63) is 176 Å². The molecule has 0 aliphatic carbocycles. The van der Waals surface area contributed by atoms with Crippen LogP contribution in [0, 0.1) is 0 Å². The van der Waals surface area contributed by atoms with Gasteiger partial charge in [-0.2, -0.15) is 0 Å². The summed E-state index contributed by atoms with van der Waals surface area (Å²) in [6, 6.07) is 61.4. The van der Waals surface area contributed by atoms with Gasteiger partial charge < -0.3 is 4.42 Å². The lowest BCUT2D eigenvalue weighted by atomic mass is 9.85. The predicted octanol–water partition coefficient (Wildman–Crippen LogP) is 13.7. The third-order valence-electron chi connectivity index (χ3n) is 10.7. The van der Waals surface area contributed by atoms with Crippen molar-refractivity contribution in [2.45, 2.75) is 0 Å².